The van der Waals surface area contributed by atoms with Crippen molar-refractivity contribution >= 4 is 11.6 Å². The monoisotopic (exact) mass is 291 g/mol. The molecule has 1 aromatic rings. The van der Waals surface area contributed by atoms with Crippen LogP contribution in [0.2, 0.25) is 0 Å². The van der Waals surface area contributed by atoms with Crippen molar-refractivity contribution in [3.8, 4) is 0 Å². The molecule has 1 aliphatic rings. The molecule has 0 radical (unpaired) electrons. The summed E-state index contributed by atoms with van der Waals surface area (Å²) >= 11 is 0. The Balaban J connectivity index is 1.93. The van der Waals surface area contributed by atoms with E-state index in [9.17, 15) is 9.90 Å². The predicted molar refractivity (Wildman–Crippen MR) is 83.8 cm³/mol. The zero-order valence-corrected chi connectivity index (χ0v) is 12.7. The van der Waals surface area contributed by atoms with E-state index in [0.717, 1.165) is 30.8 Å². The van der Waals surface area contributed by atoms with Crippen molar-refractivity contribution in [1.82, 2.24) is 4.90 Å². The summed E-state index contributed by atoms with van der Waals surface area (Å²) in [6.07, 6.45) is 0.629. The van der Waals surface area contributed by atoms with Crippen LogP contribution >= 0.6 is 0 Å². The normalized spacial score (nSPS) is 22.0. The third kappa shape index (κ3) is 4.03. The Bertz CT molecular complexity index is 490. The van der Waals surface area contributed by atoms with Gasteiger partial charge in [0.05, 0.1) is 12.1 Å². The van der Waals surface area contributed by atoms with Gasteiger partial charge in [0.1, 0.15) is 0 Å². The lowest BCUT2D eigenvalue weighted by Gasteiger charge is -2.24. The summed E-state index contributed by atoms with van der Waals surface area (Å²) in [5.41, 5.74) is 7.38. The number of benzene rings is 1. The van der Waals surface area contributed by atoms with Crippen LogP contribution in [0.5, 0.6) is 0 Å². The number of anilines is 1. The van der Waals surface area contributed by atoms with Crippen molar-refractivity contribution in [3.63, 3.8) is 0 Å². The summed E-state index contributed by atoms with van der Waals surface area (Å²) in [4.78, 5) is 14.5. The lowest BCUT2D eigenvalue weighted by molar-refractivity contribution is -0.120. The molecular formula is C16H25N3O2. The summed E-state index contributed by atoms with van der Waals surface area (Å²) < 4.78 is 0. The number of amides is 1. The summed E-state index contributed by atoms with van der Waals surface area (Å²) in [6, 6.07) is 7.39. The van der Waals surface area contributed by atoms with E-state index in [-0.39, 0.29) is 24.0 Å². The van der Waals surface area contributed by atoms with Gasteiger partial charge in [0.25, 0.3) is 0 Å². The summed E-state index contributed by atoms with van der Waals surface area (Å²) in [6.45, 7) is 5.81. The Kier molecular flexibility index (Phi) is 5.33. The number of nitrogens with one attached hydrogen (secondary N) is 1. The highest BCUT2D eigenvalue weighted by atomic mass is 16.3. The molecule has 3 atom stereocenters. The molecule has 116 valence electrons. The van der Waals surface area contributed by atoms with Crippen LogP contribution in [-0.2, 0) is 11.3 Å². The van der Waals surface area contributed by atoms with Crippen LogP contribution in [0.1, 0.15) is 25.8 Å². The third-order valence-electron chi connectivity index (χ3n) is 4.30. The first kappa shape index (κ1) is 15.9. The molecule has 5 nitrogen and oxygen atoms in total. The highest BCUT2D eigenvalue weighted by molar-refractivity contribution is 5.94. The van der Waals surface area contributed by atoms with E-state index in [2.05, 4.69) is 10.2 Å². The second kappa shape index (κ2) is 7.02. The second-order valence-electron chi connectivity index (χ2n) is 5.85. The van der Waals surface area contributed by atoms with Crippen LogP contribution in [0.25, 0.3) is 0 Å². The van der Waals surface area contributed by atoms with E-state index in [1.807, 2.05) is 38.1 Å². The number of carbonyl (C=O) groups is 1. The summed E-state index contributed by atoms with van der Waals surface area (Å²) in [5, 5.41) is 12.6. The molecule has 1 heterocycles. The van der Waals surface area contributed by atoms with Crippen LogP contribution in [0.15, 0.2) is 24.3 Å². The molecule has 3 unspecified atom stereocenters. The fourth-order valence-electron chi connectivity index (χ4n) is 2.75. The van der Waals surface area contributed by atoms with Crippen molar-refractivity contribution in [1.29, 1.82) is 0 Å². The minimum absolute atomic E-state index is 0.0181. The van der Waals surface area contributed by atoms with E-state index < -0.39 is 0 Å². The fourth-order valence-corrected chi connectivity index (χ4v) is 2.75. The number of likely N-dealkylation sites (tertiary alicyclic amines) is 1. The van der Waals surface area contributed by atoms with E-state index in [0.29, 0.717) is 6.54 Å². The van der Waals surface area contributed by atoms with Crippen LogP contribution in [-0.4, -0.2) is 41.1 Å². The van der Waals surface area contributed by atoms with E-state index in [1.165, 1.54) is 0 Å². The molecule has 5 heteroatoms. The smallest absolute Gasteiger partial charge is 0.241 e. The fraction of sp³-hybridized carbons (Fsp3) is 0.562. The molecule has 2 rings (SSSR count). The van der Waals surface area contributed by atoms with Gasteiger partial charge in [-0.25, -0.2) is 0 Å². The predicted octanol–water partition coefficient (Wildman–Crippen LogP) is 1.17. The molecule has 1 saturated heterocycles. The number of nitrogens with zero attached hydrogens (tertiary/aromatic N) is 1. The second-order valence-corrected chi connectivity index (χ2v) is 5.85. The van der Waals surface area contributed by atoms with Gasteiger partial charge in [-0.2, -0.15) is 0 Å². The molecule has 0 saturated carbocycles. The number of aliphatic hydroxyl groups excluding tert-OH is 1. The van der Waals surface area contributed by atoms with Crippen LogP contribution in [0.3, 0.4) is 0 Å². The Morgan fingerprint density at radius 1 is 1.52 bits per heavy atom. The van der Waals surface area contributed by atoms with Crippen LogP contribution in [0, 0.1) is 5.92 Å². The largest absolute Gasteiger partial charge is 0.393 e. The SMILES string of the molecule is CC(O)C1CCN(C(C)C(=O)Nc2cccc(CN)c2)C1. The standard InChI is InChI=1S/C16H25N3O2/c1-11(19-7-6-14(10-19)12(2)20)16(21)18-15-5-3-4-13(8-15)9-17/h3-5,8,11-12,14,20H,6-7,9-10,17H2,1-2H3,(H,18,21). The third-order valence-corrected chi connectivity index (χ3v) is 4.30. The highest BCUT2D eigenvalue weighted by Crippen LogP contribution is 2.22. The Labute approximate surface area is 126 Å². The minimum Gasteiger partial charge on any atom is -0.393 e. The highest BCUT2D eigenvalue weighted by Gasteiger charge is 2.31. The van der Waals surface area contributed by atoms with E-state index in [4.69, 9.17) is 5.73 Å². The molecule has 1 amide bonds. The maximum atomic E-state index is 12.3. The van der Waals surface area contributed by atoms with E-state index >= 15 is 0 Å². The number of rotatable bonds is 5. The van der Waals surface area contributed by atoms with Gasteiger partial charge >= 0.3 is 0 Å². The van der Waals surface area contributed by atoms with Gasteiger partial charge in [-0.05, 0) is 50.4 Å². The van der Waals surface area contributed by atoms with Crippen molar-refractivity contribution in [2.75, 3.05) is 18.4 Å². The summed E-state index contributed by atoms with van der Waals surface area (Å²) in [5.74, 6) is 0.247. The van der Waals surface area contributed by atoms with E-state index in [1.54, 1.807) is 0 Å². The number of aliphatic hydroxyl groups is 1. The van der Waals surface area contributed by atoms with Gasteiger partial charge < -0.3 is 16.2 Å². The molecule has 1 aromatic carbocycles. The average Bonchev–Trinajstić information content (AvgIpc) is 2.96. The number of hydrogen-bond donors (Lipinski definition) is 3. The van der Waals surface area contributed by atoms with Crippen molar-refractivity contribution in [3.05, 3.63) is 29.8 Å². The average molecular weight is 291 g/mol. The number of hydrogen-bond acceptors (Lipinski definition) is 4. The van der Waals surface area contributed by atoms with Gasteiger partial charge in [-0.1, -0.05) is 12.1 Å². The zero-order valence-electron chi connectivity index (χ0n) is 12.7. The Hall–Kier alpha value is -1.43. The zero-order chi connectivity index (χ0) is 15.4. The van der Waals surface area contributed by atoms with Gasteiger partial charge in [-0.3, -0.25) is 9.69 Å². The lowest BCUT2D eigenvalue weighted by atomic mass is 10.0. The van der Waals surface area contributed by atoms with Gasteiger partial charge in [0, 0.05) is 18.8 Å². The first-order valence-electron chi connectivity index (χ1n) is 7.53. The first-order chi connectivity index (χ1) is 10.0. The molecule has 0 spiro atoms. The van der Waals surface area contributed by atoms with Gasteiger partial charge in [0.15, 0.2) is 0 Å². The lowest BCUT2D eigenvalue weighted by Crippen LogP contribution is -2.41. The molecule has 1 fully saturated rings. The Morgan fingerprint density at radius 2 is 2.29 bits per heavy atom. The minimum atomic E-state index is -0.313. The molecule has 4 N–H and O–H groups in total. The maximum Gasteiger partial charge on any atom is 0.241 e. The quantitative estimate of drug-likeness (QED) is 0.761. The van der Waals surface area contributed by atoms with Crippen LogP contribution in [0.4, 0.5) is 5.69 Å². The van der Waals surface area contributed by atoms with Crippen molar-refractivity contribution in [2.24, 2.45) is 11.7 Å². The topological polar surface area (TPSA) is 78.6 Å². The molecule has 0 aliphatic carbocycles. The van der Waals surface area contributed by atoms with Crippen molar-refractivity contribution in [2.45, 2.75) is 39.0 Å². The number of carbonyl (C=O) groups excluding carboxylic acids is 1. The molecular weight excluding hydrogens is 266 g/mol. The molecule has 0 aromatic heterocycles. The molecule has 21 heavy (non-hydrogen) atoms. The maximum absolute atomic E-state index is 12.3. The molecule has 0 bridgehead atoms. The van der Waals surface area contributed by atoms with Gasteiger partial charge in [-0.15, -0.1) is 0 Å². The first-order valence-corrected chi connectivity index (χ1v) is 7.53. The number of nitrogens with two attached hydrogens (primary N) is 1. The van der Waals surface area contributed by atoms with Gasteiger partial charge in [0.2, 0.25) is 5.91 Å². The molecule has 1 aliphatic heterocycles. The Morgan fingerprint density at radius 3 is 2.90 bits per heavy atom. The van der Waals surface area contributed by atoms with Crippen LogP contribution < -0.4 is 11.1 Å². The summed E-state index contributed by atoms with van der Waals surface area (Å²) in [7, 11) is 0. The van der Waals surface area contributed by atoms with Crippen molar-refractivity contribution < 1.29 is 9.90 Å².